The number of likely N-dealkylation sites (tertiary alicyclic amines) is 1. The van der Waals surface area contributed by atoms with E-state index in [2.05, 4.69) is 17.1 Å². The number of carbonyl (C=O) groups is 1. The third kappa shape index (κ3) is 4.02. The first-order valence-electron chi connectivity index (χ1n) is 7.00. The summed E-state index contributed by atoms with van der Waals surface area (Å²) < 4.78 is 0. The highest BCUT2D eigenvalue weighted by Crippen LogP contribution is 2.16. The molecule has 1 unspecified atom stereocenters. The van der Waals surface area contributed by atoms with Crippen LogP contribution in [0.3, 0.4) is 0 Å². The molecule has 1 heterocycles. The van der Waals surface area contributed by atoms with E-state index >= 15 is 0 Å². The number of nitrogens with zero attached hydrogens (tertiary/aromatic N) is 1. The van der Waals surface area contributed by atoms with E-state index in [4.69, 9.17) is 18.0 Å². The van der Waals surface area contributed by atoms with Gasteiger partial charge in [-0.2, -0.15) is 0 Å². The smallest absolute Gasteiger partial charge is 0.225 e. The Morgan fingerprint density at radius 1 is 1.45 bits per heavy atom. The zero-order chi connectivity index (χ0) is 14.5. The molecule has 5 heteroatoms. The van der Waals surface area contributed by atoms with Crippen LogP contribution >= 0.6 is 12.2 Å². The monoisotopic (exact) mass is 291 g/mol. The Morgan fingerprint density at radius 2 is 2.15 bits per heavy atom. The number of hydrogen-bond acceptors (Lipinski definition) is 3. The number of nitrogens with two attached hydrogens (primary N) is 1. The lowest BCUT2D eigenvalue weighted by molar-refractivity contribution is -0.116. The molecule has 1 fully saturated rings. The van der Waals surface area contributed by atoms with Crippen LogP contribution in [-0.2, 0) is 4.79 Å². The highest BCUT2D eigenvalue weighted by Gasteiger charge is 2.20. The predicted molar refractivity (Wildman–Crippen MR) is 85.8 cm³/mol. The van der Waals surface area contributed by atoms with Crippen LogP contribution in [0.4, 0.5) is 5.69 Å². The minimum Gasteiger partial charge on any atom is -0.389 e. The second-order valence-electron chi connectivity index (χ2n) is 5.27. The number of thiocarbonyl (C=S) groups is 1. The molecular formula is C15H21N3OS. The van der Waals surface area contributed by atoms with Crippen molar-refractivity contribution in [1.29, 1.82) is 0 Å². The maximum atomic E-state index is 11.9. The first-order valence-corrected chi connectivity index (χ1v) is 7.41. The highest BCUT2D eigenvalue weighted by molar-refractivity contribution is 7.80. The van der Waals surface area contributed by atoms with Crippen LogP contribution < -0.4 is 11.1 Å². The summed E-state index contributed by atoms with van der Waals surface area (Å²) in [4.78, 5) is 14.6. The molecule has 1 amide bonds. The van der Waals surface area contributed by atoms with E-state index in [-0.39, 0.29) is 5.91 Å². The van der Waals surface area contributed by atoms with E-state index in [1.54, 1.807) is 0 Å². The average Bonchev–Trinajstić information content (AvgIpc) is 2.82. The van der Waals surface area contributed by atoms with Crippen molar-refractivity contribution in [3.8, 4) is 0 Å². The molecule has 1 atom stereocenters. The second kappa shape index (κ2) is 6.81. The van der Waals surface area contributed by atoms with Gasteiger partial charge in [0.15, 0.2) is 0 Å². The number of anilines is 1. The average molecular weight is 291 g/mol. The number of nitrogens with one attached hydrogen (secondary N) is 1. The Labute approximate surface area is 125 Å². The van der Waals surface area contributed by atoms with Crippen LogP contribution in [0.1, 0.15) is 31.7 Å². The lowest BCUT2D eigenvalue weighted by Crippen LogP contribution is -2.30. The normalized spacial score (nSPS) is 18.9. The first kappa shape index (κ1) is 14.9. The highest BCUT2D eigenvalue weighted by atomic mass is 32.1. The summed E-state index contributed by atoms with van der Waals surface area (Å²) >= 11 is 4.89. The molecule has 1 aromatic carbocycles. The Morgan fingerprint density at radius 3 is 2.70 bits per heavy atom. The van der Waals surface area contributed by atoms with E-state index < -0.39 is 0 Å². The van der Waals surface area contributed by atoms with Gasteiger partial charge in [0.05, 0.1) is 0 Å². The van der Waals surface area contributed by atoms with Gasteiger partial charge < -0.3 is 16.0 Å². The van der Waals surface area contributed by atoms with E-state index in [1.807, 2.05) is 24.3 Å². The maximum Gasteiger partial charge on any atom is 0.225 e. The number of hydrogen-bond donors (Lipinski definition) is 2. The zero-order valence-electron chi connectivity index (χ0n) is 11.8. The van der Waals surface area contributed by atoms with Crippen molar-refractivity contribution in [3.05, 3.63) is 29.8 Å². The minimum absolute atomic E-state index is 0.0483. The Bertz CT molecular complexity index is 486. The molecule has 108 valence electrons. The topological polar surface area (TPSA) is 58.4 Å². The molecule has 20 heavy (non-hydrogen) atoms. The molecule has 1 aromatic rings. The van der Waals surface area contributed by atoms with Crippen molar-refractivity contribution in [2.75, 3.05) is 18.4 Å². The molecule has 0 spiro atoms. The summed E-state index contributed by atoms with van der Waals surface area (Å²) in [5.74, 6) is 0.0483. The van der Waals surface area contributed by atoms with Gasteiger partial charge in [-0.25, -0.2) is 0 Å². The third-order valence-electron chi connectivity index (χ3n) is 3.77. The van der Waals surface area contributed by atoms with Gasteiger partial charge in [0.2, 0.25) is 5.91 Å². The summed E-state index contributed by atoms with van der Waals surface area (Å²) in [6, 6.07) is 7.89. The first-order chi connectivity index (χ1) is 9.56. The fraction of sp³-hybridized carbons (Fsp3) is 0.467. The van der Waals surface area contributed by atoms with Crippen LogP contribution in [-0.4, -0.2) is 34.9 Å². The molecule has 0 aliphatic carbocycles. The minimum atomic E-state index is 0.0483. The lowest BCUT2D eigenvalue weighted by atomic mass is 10.2. The van der Waals surface area contributed by atoms with Gasteiger partial charge >= 0.3 is 0 Å². The molecule has 2 rings (SSSR count). The SMILES string of the molecule is CC1CCCN1CCC(=O)Nc1ccc(C(N)=S)cc1. The molecule has 3 N–H and O–H groups in total. The molecule has 0 radical (unpaired) electrons. The summed E-state index contributed by atoms with van der Waals surface area (Å²) in [5.41, 5.74) is 7.13. The van der Waals surface area contributed by atoms with Crippen LogP contribution in [0.5, 0.6) is 0 Å². The van der Waals surface area contributed by atoms with Crippen LogP contribution in [0.2, 0.25) is 0 Å². The summed E-state index contributed by atoms with van der Waals surface area (Å²) in [6.07, 6.45) is 3.01. The number of rotatable bonds is 5. The van der Waals surface area contributed by atoms with E-state index in [0.29, 0.717) is 17.5 Å². The molecule has 4 nitrogen and oxygen atoms in total. The lowest BCUT2D eigenvalue weighted by Gasteiger charge is -2.20. The van der Waals surface area contributed by atoms with Crippen LogP contribution in [0, 0.1) is 0 Å². The van der Waals surface area contributed by atoms with Crippen molar-refractivity contribution in [2.45, 2.75) is 32.2 Å². The molecule has 0 aromatic heterocycles. The fourth-order valence-corrected chi connectivity index (χ4v) is 2.65. The largest absolute Gasteiger partial charge is 0.389 e. The zero-order valence-corrected chi connectivity index (χ0v) is 12.6. The maximum absolute atomic E-state index is 11.9. The van der Waals surface area contributed by atoms with Crippen LogP contribution in [0.25, 0.3) is 0 Å². The molecule has 1 aliphatic rings. The Balaban J connectivity index is 1.80. The molecule has 0 saturated carbocycles. The van der Waals surface area contributed by atoms with Gasteiger partial charge in [0.25, 0.3) is 0 Å². The molecule has 1 aliphatic heterocycles. The Kier molecular flexibility index (Phi) is 5.09. The number of carbonyl (C=O) groups excluding carboxylic acids is 1. The van der Waals surface area contributed by atoms with E-state index in [0.717, 1.165) is 24.3 Å². The molecule has 1 saturated heterocycles. The second-order valence-corrected chi connectivity index (χ2v) is 5.71. The summed E-state index contributed by atoms with van der Waals surface area (Å²) in [6.45, 7) is 4.16. The fourth-order valence-electron chi connectivity index (χ4n) is 2.51. The standard InChI is InChI=1S/C15H21N3OS/c1-11-3-2-9-18(11)10-8-14(19)17-13-6-4-12(5-7-13)15(16)20/h4-7,11H,2-3,8-10H2,1H3,(H2,16,20)(H,17,19). The number of benzene rings is 1. The van der Waals surface area contributed by atoms with Gasteiger partial charge in [-0.05, 0) is 50.6 Å². The molecule has 0 bridgehead atoms. The van der Waals surface area contributed by atoms with Crippen molar-refractivity contribution in [3.63, 3.8) is 0 Å². The predicted octanol–water partition coefficient (Wildman–Crippen LogP) is 2.13. The quantitative estimate of drug-likeness (QED) is 0.816. The van der Waals surface area contributed by atoms with E-state index in [9.17, 15) is 4.79 Å². The van der Waals surface area contributed by atoms with Crippen LogP contribution in [0.15, 0.2) is 24.3 Å². The number of amides is 1. The van der Waals surface area contributed by atoms with E-state index in [1.165, 1.54) is 12.8 Å². The summed E-state index contributed by atoms with van der Waals surface area (Å²) in [5, 5.41) is 2.90. The van der Waals surface area contributed by atoms with Gasteiger partial charge in [-0.15, -0.1) is 0 Å². The van der Waals surface area contributed by atoms with Crippen molar-refractivity contribution < 1.29 is 4.79 Å². The van der Waals surface area contributed by atoms with Gasteiger partial charge in [0.1, 0.15) is 4.99 Å². The third-order valence-corrected chi connectivity index (χ3v) is 4.01. The Hall–Kier alpha value is -1.46. The van der Waals surface area contributed by atoms with Crippen molar-refractivity contribution in [1.82, 2.24) is 4.90 Å². The molecular weight excluding hydrogens is 270 g/mol. The van der Waals surface area contributed by atoms with Gasteiger partial charge in [-0.1, -0.05) is 12.2 Å². The van der Waals surface area contributed by atoms with Crippen molar-refractivity contribution >= 4 is 28.8 Å². The van der Waals surface area contributed by atoms with Gasteiger partial charge in [-0.3, -0.25) is 4.79 Å². The summed E-state index contributed by atoms with van der Waals surface area (Å²) in [7, 11) is 0. The van der Waals surface area contributed by atoms with Gasteiger partial charge in [0, 0.05) is 30.3 Å². The van der Waals surface area contributed by atoms with Crippen molar-refractivity contribution in [2.24, 2.45) is 5.73 Å².